The third-order valence-electron chi connectivity index (χ3n) is 3.47. The summed E-state index contributed by atoms with van der Waals surface area (Å²) in [6, 6.07) is 0. The van der Waals surface area contributed by atoms with Crippen molar-refractivity contribution in [2.24, 2.45) is 4.99 Å². The predicted molar refractivity (Wildman–Crippen MR) is 110 cm³/mol. The second kappa shape index (κ2) is 9.77. The molecule has 0 spiro atoms. The first-order chi connectivity index (χ1) is 11.0. The second-order valence-corrected chi connectivity index (χ2v) is 6.51. The fraction of sp³-hybridized carbons (Fsp3) is 0.438. The lowest BCUT2D eigenvalue weighted by Crippen LogP contribution is -2.36. The molecular weight excluding hydrogens is 437 g/mol. The molecule has 132 valence electrons. The summed E-state index contributed by atoms with van der Waals surface area (Å²) in [5.41, 5.74) is 3.03. The molecule has 0 atom stereocenters. The normalized spacial score (nSPS) is 11.0. The summed E-state index contributed by atoms with van der Waals surface area (Å²) >= 11 is 1.68. The molecule has 0 fully saturated rings. The van der Waals surface area contributed by atoms with Gasteiger partial charge in [-0.2, -0.15) is 0 Å². The van der Waals surface area contributed by atoms with Crippen molar-refractivity contribution < 1.29 is 4.74 Å². The largest absolute Gasteiger partial charge is 0.496 e. The zero-order valence-electron chi connectivity index (χ0n) is 14.6. The van der Waals surface area contributed by atoms with E-state index in [4.69, 9.17) is 4.74 Å². The molecule has 0 saturated carbocycles. The van der Waals surface area contributed by atoms with E-state index in [1.165, 1.54) is 4.88 Å². The highest BCUT2D eigenvalue weighted by molar-refractivity contribution is 14.0. The highest BCUT2D eigenvalue weighted by Gasteiger charge is 2.10. The summed E-state index contributed by atoms with van der Waals surface area (Å²) in [5, 5.41) is 7.57. The molecule has 2 rings (SSSR count). The van der Waals surface area contributed by atoms with E-state index in [-0.39, 0.29) is 24.0 Å². The molecular formula is C16H24IN5OS. The third kappa shape index (κ3) is 5.30. The van der Waals surface area contributed by atoms with Gasteiger partial charge in [0.05, 0.1) is 25.9 Å². The number of hydrogen-bond acceptors (Lipinski definition) is 5. The molecule has 2 N–H and O–H groups in total. The van der Waals surface area contributed by atoms with Gasteiger partial charge in [-0.1, -0.05) is 0 Å². The molecule has 2 aromatic heterocycles. The van der Waals surface area contributed by atoms with E-state index < -0.39 is 0 Å². The van der Waals surface area contributed by atoms with Crippen LogP contribution in [0.25, 0.3) is 0 Å². The highest BCUT2D eigenvalue weighted by Crippen LogP contribution is 2.23. The Hall–Kier alpha value is -1.42. The summed E-state index contributed by atoms with van der Waals surface area (Å²) in [4.78, 5) is 14.2. The Balaban J connectivity index is 0.00000288. The maximum Gasteiger partial charge on any atom is 0.191 e. The summed E-state index contributed by atoms with van der Waals surface area (Å²) < 4.78 is 5.44. The fourth-order valence-corrected chi connectivity index (χ4v) is 3.01. The maximum atomic E-state index is 5.44. The Bertz CT molecular complexity index is 702. The van der Waals surface area contributed by atoms with Crippen LogP contribution in [0.1, 0.15) is 26.7 Å². The van der Waals surface area contributed by atoms with Crippen LogP contribution in [0.2, 0.25) is 0 Å². The van der Waals surface area contributed by atoms with E-state index >= 15 is 0 Å². The van der Waals surface area contributed by atoms with Crippen molar-refractivity contribution in [3.05, 3.63) is 39.1 Å². The first-order valence-electron chi connectivity index (χ1n) is 7.40. The maximum absolute atomic E-state index is 5.44. The van der Waals surface area contributed by atoms with Crippen LogP contribution >= 0.6 is 35.3 Å². The van der Waals surface area contributed by atoms with Crippen molar-refractivity contribution in [3.63, 3.8) is 0 Å². The van der Waals surface area contributed by atoms with Gasteiger partial charge in [0.15, 0.2) is 5.96 Å². The number of methoxy groups -OCH3 is 1. The van der Waals surface area contributed by atoms with Crippen LogP contribution in [0.5, 0.6) is 5.75 Å². The fourth-order valence-electron chi connectivity index (χ4n) is 2.28. The molecule has 8 heteroatoms. The average Bonchev–Trinajstić information content (AvgIpc) is 2.95. The average molecular weight is 461 g/mol. The van der Waals surface area contributed by atoms with Crippen LogP contribution in [-0.4, -0.2) is 30.1 Å². The zero-order valence-corrected chi connectivity index (χ0v) is 17.8. The van der Waals surface area contributed by atoms with E-state index in [2.05, 4.69) is 25.6 Å². The van der Waals surface area contributed by atoms with Gasteiger partial charge >= 0.3 is 0 Å². The number of ether oxygens (including phenoxy) is 1. The van der Waals surface area contributed by atoms with E-state index in [0.29, 0.717) is 13.1 Å². The summed E-state index contributed by atoms with van der Waals surface area (Å²) in [7, 11) is 3.43. The van der Waals surface area contributed by atoms with Crippen molar-refractivity contribution in [2.75, 3.05) is 14.2 Å². The van der Waals surface area contributed by atoms with Gasteiger partial charge in [-0.05, 0) is 20.8 Å². The van der Waals surface area contributed by atoms with Crippen LogP contribution in [0.4, 0.5) is 0 Å². The lowest BCUT2D eigenvalue weighted by Gasteiger charge is -2.14. The summed E-state index contributed by atoms with van der Waals surface area (Å²) in [6.07, 6.45) is 3.71. The zero-order chi connectivity index (χ0) is 16.8. The van der Waals surface area contributed by atoms with Gasteiger partial charge < -0.3 is 15.4 Å². The van der Waals surface area contributed by atoms with Gasteiger partial charge in [-0.3, -0.25) is 9.98 Å². The van der Waals surface area contributed by atoms with E-state index in [0.717, 1.165) is 33.5 Å². The monoisotopic (exact) mass is 461 g/mol. The number of guanidine groups is 1. The van der Waals surface area contributed by atoms with Crippen molar-refractivity contribution in [1.82, 2.24) is 20.6 Å². The predicted octanol–water partition coefficient (Wildman–Crippen LogP) is 2.96. The van der Waals surface area contributed by atoms with Crippen molar-refractivity contribution in [2.45, 2.75) is 33.9 Å². The minimum absolute atomic E-state index is 0. The van der Waals surface area contributed by atoms with Crippen LogP contribution < -0.4 is 15.4 Å². The number of rotatable bonds is 5. The number of pyridine rings is 1. The van der Waals surface area contributed by atoms with E-state index in [1.807, 2.05) is 33.2 Å². The molecule has 0 aliphatic rings. The van der Waals surface area contributed by atoms with Gasteiger partial charge in [0.1, 0.15) is 10.8 Å². The van der Waals surface area contributed by atoms with Crippen LogP contribution in [0.15, 0.2) is 17.4 Å². The third-order valence-corrected chi connectivity index (χ3v) is 4.39. The number of hydrogen-bond donors (Lipinski definition) is 2. The highest BCUT2D eigenvalue weighted by atomic mass is 127. The number of thiazole rings is 1. The van der Waals surface area contributed by atoms with Crippen LogP contribution in [-0.2, 0) is 13.1 Å². The van der Waals surface area contributed by atoms with Gasteiger partial charge in [-0.25, -0.2) is 4.98 Å². The van der Waals surface area contributed by atoms with Gasteiger partial charge in [0.25, 0.3) is 0 Å². The smallest absolute Gasteiger partial charge is 0.191 e. The molecule has 0 radical (unpaired) electrons. The van der Waals surface area contributed by atoms with Gasteiger partial charge in [0, 0.05) is 35.4 Å². The Morgan fingerprint density at radius 3 is 2.46 bits per heavy atom. The topological polar surface area (TPSA) is 71.4 Å². The molecule has 0 bridgehead atoms. The first kappa shape index (κ1) is 20.6. The molecule has 0 aliphatic carbocycles. The molecule has 0 saturated heterocycles. The minimum Gasteiger partial charge on any atom is -0.496 e. The number of nitrogens with zero attached hydrogens (tertiary/aromatic N) is 3. The molecule has 24 heavy (non-hydrogen) atoms. The number of aromatic nitrogens is 2. The van der Waals surface area contributed by atoms with Gasteiger partial charge in [0.2, 0.25) is 0 Å². The Labute approximate surface area is 164 Å². The Morgan fingerprint density at radius 1 is 1.17 bits per heavy atom. The number of nitrogens with one attached hydrogen (secondary N) is 2. The van der Waals surface area contributed by atoms with Crippen LogP contribution in [0, 0.1) is 20.8 Å². The standard InChI is InChI=1S/C16H23N5OS.HI/c1-10-6-18-13(12(3)15(10)22-5)8-20-16(17-4)21-9-14-19-7-11(2)23-14;/h6-7H,8-9H2,1-5H3,(H2,17,20,21);1H. The number of aliphatic imine (C=N–C) groups is 1. The molecule has 0 aliphatic heterocycles. The van der Waals surface area contributed by atoms with E-state index in [1.54, 1.807) is 25.5 Å². The number of aryl methyl sites for hydroxylation is 2. The van der Waals surface area contributed by atoms with Crippen molar-refractivity contribution >= 4 is 41.3 Å². The van der Waals surface area contributed by atoms with Crippen molar-refractivity contribution in [3.8, 4) is 5.75 Å². The van der Waals surface area contributed by atoms with E-state index in [9.17, 15) is 0 Å². The number of halogens is 1. The quantitative estimate of drug-likeness (QED) is 0.407. The molecule has 0 amide bonds. The molecule has 0 aromatic carbocycles. The van der Waals surface area contributed by atoms with Crippen LogP contribution in [0.3, 0.4) is 0 Å². The lowest BCUT2D eigenvalue weighted by atomic mass is 10.1. The van der Waals surface area contributed by atoms with Gasteiger partial charge in [-0.15, -0.1) is 35.3 Å². The molecule has 6 nitrogen and oxygen atoms in total. The SMILES string of the molecule is CN=C(NCc1ncc(C)s1)NCc1ncc(C)c(OC)c1C.I. The Morgan fingerprint density at radius 2 is 1.88 bits per heavy atom. The molecule has 2 heterocycles. The second-order valence-electron chi connectivity index (χ2n) is 5.19. The summed E-state index contributed by atoms with van der Waals surface area (Å²) in [5.74, 6) is 1.61. The first-order valence-corrected chi connectivity index (χ1v) is 8.21. The Kier molecular flexibility index (Phi) is 8.40. The minimum atomic E-state index is 0. The molecule has 0 unspecified atom stereocenters. The lowest BCUT2D eigenvalue weighted by molar-refractivity contribution is 0.406. The van der Waals surface area contributed by atoms with Crippen molar-refractivity contribution in [1.29, 1.82) is 0 Å². The molecule has 2 aromatic rings. The summed E-state index contributed by atoms with van der Waals surface area (Å²) in [6.45, 7) is 7.30.